The van der Waals surface area contributed by atoms with Crippen LogP contribution in [0.25, 0.3) is 22.0 Å². The summed E-state index contributed by atoms with van der Waals surface area (Å²) in [4.78, 5) is 16.4. The number of pyridine rings is 1. The molecular formula is C23H24F2N4O. The van der Waals surface area contributed by atoms with Crippen molar-refractivity contribution in [2.75, 3.05) is 5.32 Å². The zero-order valence-electron chi connectivity index (χ0n) is 17.2. The van der Waals surface area contributed by atoms with E-state index in [4.69, 9.17) is 0 Å². The van der Waals surface area contributed by atoms with Gasteiger partial charge in [-0.1, -0.05) is 19.9 Å². The van der Waals surface area contributed by atoms with Crippen LogP contribution in [-0.2, 0) is 7.05 Å². The van der Waals surface area contributed by atoms with Crippen LogP contribution in [0.5, 0.6) is 0 Å². The number of carbonyl (C=O) groups is 1. The molecule has 0 aliphatic rings. The molecule has 2 heterocycles. The Kier molecular flexibility index (Phi) is 6.20. The molecule has 30 heavy (non-hydrogen) atoms. The van der Waals surface area contributed by atoms with Crippen molar-refractivity contribution in [3.63, 3.8) is 0 Å². The van der Waals surface area contributed by atoms with Crippen LogP contribution in [0.4, 0.5) is 14.6 Å². The molecule has 0 fully saturated rings. The molecule has 1 amide bonds. The SMILES string of the molecule is CC.Cc1cc2cnn(C)c2cc1-c1ccc(NC(=O)c2c(F)cccc2F)nc1.[HH]. The van der Waals surface area contributed by atoms with E-state index >= 15 is 0 Å². The van der Waals surface area contributed by atoms with Crippen LogP contribution < -0.4 is 5.32 Å². The first-order valence-corrected chi connectivity index (χ1v) is 9.58. The minimum absolute atomic E-state index is 0. The molecule has 5 nitrogen and oxygen atoms in total. The molecule has 7 heteroatoms. The summed E-state index contributed by atoms with van der Waals surface area (Å²) >= 11 is 0. The molecule has 0 atom stereocenters. The lowest BCUT2D eigenvalue weighted by Gasteiger charge is -2.09. The summed E-state index contributed by atoms with van der Waals surface area (Å²) in [5.74, 6) is -2.53. The van der Waals surface area contributed by atoms with Crippen LogP contribution >= 0.6 is 0 Å². The van der Waals surface area contributed by atoms with Crippen molar-refractivity contribution in [3.8, 4) is 11.1 Å². The van der Waals surface area contributed by atoms with Crippen LogP contribution in [0.1, 0.15) is 31.2 Å². The van der Waals surface area contributed by atoms with E-state index < -0.39 is 23.1 Å². The molecule has 0 bridgehead atoms. The van der Waals surface area contributed by atoms with E-state index in [1.807, 2.05) is 46.1 Å². The number of aromatic nitrogens is 3. The summed E-state index contributed by atoms with van der Waals surface area (Å²) in [5.41, 5.74) is 3.27. The number of nitrogens with one attached hydrogen (secondary N) is 1. The number of halogens is 2. The summed E-state index contributed by atoms with van der Waals surface area (Å²) in [7, 11) is 1.88. The van der Waals surface area contributed by atoms with Crippen molar-refractivity contribution in [2.45, 2.75) is 20.8 Å². The highest BCUT2D eigenvalue weighted by Gasteiger charge is 2.17. The average Bonchev–Trinajstić information content (AvgIpc) is 3.09. The highest BCUT2D eigenvalue weighted by Crippen LogP contribution is 2.28. The molecule has 1 N–H and O–H groups in total. The van der Waals surface area contributed by atoms with Gasteiger partial charge in [-0.2, -0.15) is 5.10 Å². The Morgan fingerprint density at radius 2 is 1.77 bits per heavy atom. The summed E-state index contributed by atoms with van der Waals surface area (Å²) in [6.07, 6.45) is 3.42. The molecule has 0 radical (unpaired) electrons. The van der Waals surface area contributed by atoms with E-state index in [0.717, 1.165) is 39.7 Å². The van der Waals surface area contributed by atoms with E-state index in [1.54, 1.807) is 23.0 Å². The predicted octanol–water partition coefficient (Wildman–Crippen LogP) is 5.75. The van der Waals surface area contributed by atoms with E-state index in [0.29, 0.717) is 0 Å². The van der Waals surface area contributed by atoms with Gasteiger partial charge in [-0.15, -0.1) is 0 Å². The van der Waals surface area contributed by atoms with Gasteiger partial charge in [0.25, 0.3) is 5.91 Å². The molecule has 0 unspecified atom stereocenters. The number of carbonyl (C=O) groups excluding carboxylic acids is 1. The van der Waals surface area contributed by atoms with E-state index in [2.05, 4.69) is 15.4 Å². The highest BCUT2D eigenvalue weighted by atomic mass is 19.1. The first-order chi connectivity index (χ1) is 14.4. The normalized spacial score (nSPS) is 10.5. The second-order valence-electron chi connectivity index (χ2n) is 6.48. The Labute approximate surface area is 174 Å². The smallest absolute Gasteiger partial charge is 0.262 e. The van der Waals surface area contributed by atoms with Gasteiger partial charge in [0.1, 0.15) is 23.0 Å². The molecule has 4 rings (SSSR count). The minimum atomic E-state index is -0.922. The number of anilines is 1. The lowest BCUT2D eigenvalue weighted by Crippen LogP contribution is -2.16. The van der Waals surface area contributed by atoms with Gasteiger partial charge in [-0.3, -0.25) is 9.48 Å². The highest BCUT2D eigenvalue weighted by molar-refractivity contribution is 6.04. The number of hydrogen-bond donors (Lipinski definition) is 1. The van der Waals surface area contributed by atoms with Gasteiger partial charge in [0.15, 0.2) is 0 Å². The van der Waals surface area contributed by atoms with E-state index in [1.165, 1.54) is 6.07 Å². The molecule has 0 aliphatic heterocycles. The number of amides is 1. The van der Waals surface area contributed by atoms with E-state index in [9.17, 15) is 13.6 Å². The number of nitrogens with zero attached hydrogens (tertiary/aromatic N) is 3. The molecule has 156 valence electrons. The second-order valence-corrected chi connectivity index (χ2v) is 6.48. The fourth-order valence-electron chi connectivity index (χ4n) is 3.15. The van der Waals surface area contributed by atoms with Crippen LogP contribution in [0.3, 0.4) is 0 Å². The number of benzene rings is 2. The van der Waals surface area contributed by atoms with Crippen molar-refractivity contribution in [2.24, 2.45) is 7.05 Å². The Morgan fingerprint density at radius 3 is 2.40 bits per heavy atom. The van der Waals surface area contributed by atoms with Gasteiger partial charge >= 0.3 is 0 Å². The number of fused-ring (bicyclic) bond motifs is 1. The summed E-state index contributed by atoms with van der Waals surface area (Å²) < 4.78 is 29.3. The van der Waals surface area contributed by atoms with Crippen LogP contribution in [0, 0.1) is 18.6 Å². The number of rotatable bonds is 3. The first kappa shape index (κ1) is 21.1. The standard InChI is InChI=1S/C21H16F2N4O.C2H6.H2/c1-12-8-14-11-25-27(2)18(14)9-15(12)13-6-7-19(24-10-13)26-21(28)20-16(22)4-3-5-17(20)23;1-2;/h3-11H,1-2H3,(H,24,26,28);1-2H3;1H. The third-order valence-electron chi connectivity index (χ3n) is 4.60. The first-order valence-electron chi connectivity index (χ1n) is 9.58. The van der Waals surface area contributed by atoms with Crippen molar-refractivity contribution in [1.82, 2.24) is 14.8 Å². The van der Waals surface area contributed by atoms with Crippen LogP contribution in [-0.4, -0.2) is 20.7 Å². The number of aryl methyl sites for hydroxylation is 2. The largest absolute Gasteiger partial charge is 0.306 e. The topological polar surface area (TPSA) is 59.8 Å². The molecule has 0 saturated heterocycles. The second kappa shape index (κ2) is 8.82. The van der Waals surface area contributed by atoms with Gasteiger partial charge in [0.2, 0.25) is 0 Å². The Balaban J connectivity index is 0.00000111. The van der Waals surface area contributed by atoms with Gasteiger partial charge in [0, 0.05) is 25.6 Å². The Hall–Kier alpha value is -3.61. The van der Waals surface area contributed by atoms with Gasteiger partial charge in [-0.05, 0) is 54.4 Å². The van der Waals surface area contributed by atoms with Crippen LogP contribution in [0.2, 0.25) is 0 Å². The molecule has 2 aromatic carbocycles. The molecule has 4 aromatic rings. The molecule has 0 aliphatic carbocycles. The van der Waals surface area contributed by atoms with Crippen molar-refractivity contribution < 1.29 is 15.0 Å². The maximum atomic E-state index is 13.7. The monoisotopic (exact) mass is 410 g/mol. The third-order valence-corrected chi connectivity index (χ3v) is 4.60. The molecule has 0 saturated carbocycles. The van der Waals surface area contributed by atoms with Crippen molar-refractivity contribution in [1.29, 1.82) is 0 Å². The molecule has 0 spiro atoms. The fraction of sp³-hybridized carbons (Fsp3) is 0.174. The quantitative estimate of drug-likeness (QED) is 0.468. The summed E-state index contributed by atoms with van der Waals surface area (Å²) in [6, 6.07) is 10.7. The van der Waals surface area contributed by atoms with Gasteiger partial charge < -0.3 is 5.32 Å². The molecule has 2 aromatic heterocycles. The maximum Gasteiger partial charge on any atom is 0.262 e. The zero-order chi connectivity index (χ0) is 21.8. The number of hydrogen-bond acceptors (Lipinski definition) is 3. The average molecular weight is 410 g/mol. The van der Waals surface area contributed by atoms with Crippen molar-refractivity contribution >= 4 is 22.6 Å². The fourth-order valence-corrected chi connectivity index (χ4v) is 3.15. The predicted molar refractivity (Wildman–Crippen MR) is 116 cm³/mol. The van der Waals surface area contributed by atoms with Gasteiger partial charge in [0.05, 0.1) is 11.7 Å². The van der Waals surface area contributed by atoms with Gasteiger partial charge in [-0.25, -0.2) is 13.8 Å². The molecular weight excluding hydrogens is 386 g/mol. The third kappa shape index (κ3) is 4.05. The Morgan fingerprint density at radius 1 is 1.07 bits per heavy atom. The van der Waals surface area contributed by atoms with E-state index in [-0.39, 0.29) is 7.24 Å². The summed E-state index contributed by atoms with van der Waals surface area (Å²) in [5, 5.41) is 7.73. The van der Waals surface area contributed by atoms with Crippen LogP contribution in [0.15, 0.2) is 54.9 Å². The maximum absolute atomic E-state index is 13.7. The minimum Gasteiger partial charge on any atom is -0.306 e. The lowest BCUT2D eigenvalue weighted by molar-refractivity contribution is 0.101. The summed E-state index contributed by atoms with van der Waals surface area (Å²) in [6.45, 7) is 6.00. The zero-order valence-corrected chi connectivity index (χ0v) is 17.2. The Bertz CT molecular complexity index is 1190. The lowest BCUT2D eigenvalue weighted by atomic mass is 10.0. The van der Waals surface area contributed by atoms with Crippen molar-refractivity contribution in [3.05, 3.63) is 77.6 Å².